The van der Waals surface area contributed by atoms with Gasteiger partial charge in [-0.3, -0.25) is 9.59 Å². The zero-order valence-corrected chi connectivity index (χ0v) is 18.5. The third-order valence-corrected chi connectivity index (χ3v) is 6.61. The number of carbonyl (C=O) groups is 2. The minimum atomic E-state index is -0.684. The Balaban J connectivity index is 1.57. The van der Waals surface area contributed by atoms with Crippen molar-refractivity contribution in [2.75, 3.05) is 27.2 Å². The summed E-state index contributed by atoms with van der Waals surface area (Å²) in [6.45, 7) is 0.799. The van der Waals surface area contributed by atoms with E-state index in [-0.39, 0.29) is 11.8 Å². The number of amides is 2. The summed E-state index contributed by atoms with van der Waals surface area (Å²) in [5.74, 6) is -0.656. The van der Waals surface area contributed by atoms with E-state index in [2.05, 4.69) is 41.1 Å². The number of likely N-dealkylation sites (tertiary alicyclic amines) is 1. The van der Waals surface area contributed by atoms with Gasteiger partial charge in [0, 0.05) is 32.7 Å². The van der Waals surface area contributed by atoms with Crippen LogP contribution in [0.2, 0.25) is 0 Å². The average molecular weight is 437 g/mol. The Bertz CT molecular complexity index is 1080. The topological polar surface area (TPSA) is 40.6 Å². The van der Waals surface area contributed by atoms with E-state index in [0.717, 1.165) is 11.1 Å². The molecule has 4 nitrogen and oxygen atoms in total. The Kier molecular flexibility index (Phi) is 5.92. The summed E-state index contributed by atoms with van der Waals surface area (Å²) in [6.07, 6.45) is 1.14. The lowest BCUT2D eigenvalue weighted by molar-refractivity contribution is -0.138. The van der Waals surface area contributed by atoms with Gasteiger partial charge in [-0.25, -0.2) is 4.39 Å². The van der Waals surface area contributed by atoms with Crippen LogP contribution in [0.4, 0.5) is 4.39 Å². The molecule has 2 amide bonds. The van der Waals surface area contributed by atoms with Crippen LogP contribution in [0.1, 0.15) is 22.3 Å². The maximum absolute atomic E-state index is 13.6. The maximum Gasteiger partial charge on any atom is 0.253 e. The summed E-state index contributed by atoms with van der Waals surface area (Å²) in [6, 6.07) is 16.1. The fourth-order valence-corrected chi connectivity index (χ4v) is 5.02. The van der Waals surface area contributed by atoms with Gasteiger partial charge in [-0.2, -0.15) is 11.3 Å². The largest absolute Gasteiger partial charge is 0.348 e. The number of hydrogen-bond donors (Lipinski definition) is 0. The van der Waals surface area contributed by atoms with E-state index >= 15 is 0 Å². The fourth-order valence-electron chi connectivity index (χ4n) is 4.35. The van der Waals surface area contributed by atoms with Gasteiger partial charge in [0.25, 0.3) is 5.91 Å². The predicted molar refractivity (Wildman–Crippen MR) is 122 cm³/mol. The van der Waals surface area contributed by atoms with Crippen LogP contribution < -0.4 is 0 Å². The van der Waals surface area contributed by atoms with E-state index in [1.807, 2.05) is 0 Å². The molecular formula is C25H25FN2O2S. The average Bonchev–Trinajstić information content (AvgIpc) is 3.44. The molecule has 2 heterocycles. The van der Waals surface area contributed by atoms with Crippen molar-refractivity contribution in [3.05, 3.63) is 82.3 Å². The molecule has 1 aliphatic heterocycles. The van der Waals surface area contributed by atoms with Crippen molar-refractivity contribution < 1.29 is 14.0 Å². The second-order valence-electron chi connectivity index (χ2n) is 8.35. The van der Waals surface area contributed by atoms with E-state index < -0.39 is 11.2 Å². The van der Waals surface area contributed by atoms with E-state index in [0.29, 0.717) is 31.5 Å². The second-order valence-corrected chi connectivity index (χ2v) is 9.13. The lowest BCUT2D eigenvalue weighted by Gasteiger charge is -2.31. The lowest BCUT2D eigenvalue weighted by atomic mass is 9.79. The van der Waals surface area contributed by atoms with Gasteiger partial charge >= 0.3 is 0 Å². The molecule has 0 N–H and O–H groups in total. The summed E-state index contributed by atoms with van der Waals surface area (Å²) in [4.78, 5) is 29.4. The van der Waals surface area contributed by atoms with Gasteiger partial charge in [-0.15, -0.1) is 0 Å². The molecule has 1 atom stereocenters. The molecule has 1 aromatic heterocycles. The Labute approximate surface area is 185 Å². The van der Waals surface area contributed by atoms with Gasteiger partial charge < -0.3 is 9.80 Å². The normalized spacial score (nSPS) is 18.2. The van der Waals surface area contributed by atoms with Gasteiger partial charge in [0.05, 0.1) is 5.41 Å². The molecule has 1 saturated heterocycles. The first-order valence-electron chi connectivity index (χ1n) is 10.3. The van der Waals surface area contributed by atoms with E-state index in [1.165, 1.54) is 23.8 Å². The Morgan fingerprint density at radius 2 is 1.87 bits per heavy atom. The molecule has 160 valence electrons. The molecule has 0 saturated carbocycles. The summed E-state index contributed by atoms with van der Waals surface area (Å²) in [5.41, 5.74) is 3.02. The number of halogens is 1. The predicted octanol–water partition coefficient (Wildman–Crippen LogP) is 4.72. The minimum absolute atomic E-state index is 0.0175. The highest BCUT2D eigenvalue weighted by Gasteiger charge is 2.46. The molecule has 0 unspecified atom stereocenters. The van der Waals surface area contributed by atoms with Gasteiger partial charge in [-0.05, 0) is 64.6 Å². The van der Waals surface area contributed by atoms with Crippen molar-refractivity contribution in [1.82, 2.24) is 9.80 Å². The van der Waals surface area contributed by atoms with Crippen molar-refractivity contribution in [1.29, 1.82) is 0 Å². The molecule has 0 spiro atoms. The van der Waals surface area contributed by atoms with Crippen LogP contribution in [0.5, 0.6) is 0 Å². The molecule has 31 heavy (non-hydrogen) atoms. The highest BCUT2D eigenvalue weighted by Crippen LogP contribution is 2.37. The summed E-state index contributed by atoms with van der Waals surface area (Å²) in [5, 5.41) is 4.16. The molecule has 0 bridgehead atoms. The summed E-state index contributed by atoms with van der Waals surface area (Å²) < 4.78 is 13.6. The first-order chi connectivity index (χ1) is 14.9. The monoisotopic (exact) mass is 436 g/mol. The van der Waals surface area contributed by atoms with Crippen molar-refractivity contribution in [3.63, 3.8) is 0 Å². The molecular weight excluding hydrogens is 411 g/mol. The van der Waals surface area contributed by atoms with Gasteiger partial charge in [0.1, 0.15) is 5.82 Å². The van der Waals surface area contributed by atoms with E-state index in [9.17, 15) is 14.0 Å². The zero-order valence-electron chi connectivity index (χ0n) is 17.7. The molecule has 2 aromatic carbocycles. The van der Waals surface area contributed by atoms with E-state index in [4.69, 9.17) is 0 Å². The van der Waals surface area contributed by atoms with Crippen molar-refractivity contribution in [2.45, 2.75) is 12.8 Å². The Morgan fingerprint density at radius 1 is 1.10 bits per heavy atom. The quantitative estimate of drug-likeness (QED) is 0.581. The lowest BCUT2D eigenvalue weighted by Crippen LogP contribution is -2.44. The van der Waals surface area contributed by atoms with Crippen LogP contribution in [0.3, 0.4) is 0 Å². The number of carbonyl (C=O) groups excluding carboxylic acids is 2. The molecule has 3 aromatic rings. The number of benzene rings is 2. The number of hydrogen-bond acceptors (Lipinski definition) is 3. The van der Waals surface area contributed by atoms with Crippen LogP contribution in [0, 0.1) is 11.2 Å². The molecule has 1 aliphatic rings. The smallest absolute Gasteiger partial charge is 0.253 e. The number of thiophene rings is 1. The van der Waals surface area contributed by atoms with Crippen molar-refractivity contribution >= 4 is 23.2 Å². The van der Waals surface area contributed by atoms with Crippen molar-refractivity contribution in [2.24, 2.45) is 5.41 Å². The highest BCUT2D eigenvalue weighted by atomic mass is 32.1. The van der Waals surface area contributed by atoms with Gasteiger partial charge in [0.15, 0.2) is 0 Å². The maximum atomic E-state index is 13.6. The second kappa shape index (κ2) is 8.63. The van der Waals surface area contributed by atoms with Crippen LogP contribution >= 0.6 is 11.3 Å². The fraction of sp³-hybridized carbons (Fsp3) is 0.280. The third-order valence-electron chi connectivity index (χ3n) is 5.92. The van der Waals surface area contributed by atoms with Crippen LogP contribution in [-0.4, -0.2) is 48.8 Å². The first kappa shape index (κ1) is 21.2. The number of rotatable bonds is 5. The summed E-state index contributed by atoms with van der Waals surface area (Å²) >= 11 is 1.66. The van der Waals surface area contributed by atoms with E-state index in [1.54, 1.807) is 41.3 Å². The third kappa shape index (κ3) is 4.39. The van der Waals surface area contributed by atoms with Crippen LogP contribution in [0.15, 0.2) is 65.4 Å². The van der Waals surface area contributed by atoms with Crippen molar-refractivity contribution in [3.8, 4) is 11.1 Å². The highest BCUT2D eigenvalue weighted by molar-refractivity contribution is 7.08. The SMILES string of the molecule is CN(C)C(=O)[C@@]1(Cc2ccc(-c3ccsc3)cc2)CCN(C(=O)c2cccc(F)c2)C1. The first-order valence-corrected chi connectivity index (χ1v) is 11.2. The standard InChI is InChI=1S/C25H25FN2O2S/c1-27(2)24(30)25(15-18-6-8-19(9-7-18)21-10-13-31-16-21)11-12-28(17-25)23(29)20-4-3-5-22(26)14-20/h3-10,13-14,16H,11-12,15,17H2,1-2H3/t25-/m1/s1. The zero-order chi connectivity index (χ0) is 22.0. The number of nitrogens with zero attached hydrogens (tertiary/aromatic N) is 2. The minimum Gasteiger partial charge on any atom is -0.348 e. The molecule has 4 rings (SSSR count). The van der Waals surface area contributed by atoms with Gasteiger partial charge in [0.2, 0.25) is 5.91 Å². The summed E-state index contributed by atoms with van der Waals surface area (Å²) in [7, 11) is 3.50. The molecule has 0 radical (unpaired) electrons. The van der Waals surface area contributed by atoms with Crippen LogP contribution in [-0.2, 0) is 11.2 Å². The Hall–Kier alpha value is -2.99. The van der Waals surface area contributed by atoms with Gasteiger partial charge in [-0.1, -0.05) is 30.3 Å². The molecule has 1 fully saturated rings. The Morgan fingerprint density at radius 3 is 2.52 bits per heavy atom. The molecule has 0 aliphatic carbocycles. The molecule has 6 heteroatoms. The van der Waals surface area contributed by atoms with Crippen LogP contribution in [0.25, 0.3) is 11.1 Å².